The van der Waals surface area contributed by atoms with E-state index in [1.54, 1.807) is 0 Å². The second-order valence-electron chi connectivity index (χ2n) is 8.35. The summed E-state index contributed by atoms with van der Waals surface area (Å²) in [6, 6.07) is 16.7. The van der Waals surface area contributed by atoms with Crippen LogP contribution in [0, 0.1) is 0 Å². The van der Waals surface area contributed by atoms with Gasteiger partial charge in [-0.15, -0.1) is 0 Å². The summed E-state index contributed by atoms with van der Waals surface area (Å²) in [5, 5.41) is 15.6. The number of carbonyl (C=O) groups excluding carboxylic acids is 2. The normalized spacial score (nSPS) is 16.7. The van der Waals surface area contributed by atoms with Crippen molar-refractivity contribution in [3.8, 4) is 11.1 Å². The number of hydrogen-bond acceptors (Lipinski definition) is 6. The van der Waals surface area contributed by atoms with Crippen LogP contribution in [0.5, 0.6) is 0 Å². The van der Waals surface area contributed by atoms with Crippen LogP contribution in [-0.4, -0.2) is 52.3 Å². The van der Waals surface area contributed by atoms with Crippen LogP contribution in [-0.2, 0) is 16.1 Å². The Morgan fingerprint density at radius 3 is 2.44 bits per heavy atom. The highest BCUT2D eigenvalue weighted by atomic mass is 16.5. The van der Waals surface area contributed by atoms with E-state index in [1.165, 1.54) is 11.0 Å². The summed E-state index contributed by atoms with van der Waals surface area (Å²) in [6.07, 6.45) is 0.419. The zero-order chi connectivity index (χ0) is 23.7. The lowest BCUT2D eigenvalue weighted by Gasteiger charge is -2.19. The molecule has 5 rings (SSSR count). The Hall–Kier alpha value is -4.14. The molecule has 1 aromatic heterocycles. The molecule has 174 valence electrons. The van der Waals surface area contributed by atoms with E-state index in [-0.39, 0.29) is 30.5 Å². The molecule has 9 nitrogen and oxygen atoms in total. The topological polar surface area (TPSA) is 122 Å². The van der Waals surface area contributed by atoms with Gasteiger partial charge in [0.25, 0.3) is 5.91 Å². The SMILES string of the molecule is O=C(NCc1cc(C(=O)N2CCC[C@H]2C(=O)O)no1)OCC1c2ccccc2-c2ccccc21. The van der Waals surface area contributed by atoms with Gasteiger partial charge >= 0.3 is 12.1 Å². The maximum atomic E-state index is 12.6. The van der Waals surface area contributed by atoms with Crippen molar-refractivity contribution in [2.75, 3.05) is 13.2 Å². The van der Waals surface area contributed by atoms with Crippen molar-refractivity contribution in [3.05, 3.63) is 77.2 Å². The molecular weight excluding hydrogens is 438 g/mol. The number of hydrogen-bond donors (Lipinski definition) is 2. The van der Waals surface area contributed by atoms with E-state index in [4.69, 9.17) is 9.26 Å². The van der Waals surface area contributed by atoms with Gasteiger partial charge in [-0.3, -0.25) is 4.79 Å². The molecule has 2 aliphatic rings. The molecule has 2 amide bonds. The monoisotopic (exact) mass is 461 g/mol. The Kier molecular flexibility index (Phi) is 5.75. The van der Waals surface area contributed by atoms with Crippen LogP contribution < -0.4 is 5.32 Å². The number of aromatic nitrogens is 1. The van der Waals surface area contributed by atoms with Gasteiger partial charge in [-0.1, -0.05) is 53.7 Å². The first-order chi connectivity index (χ1) is 16.5. The second kappa shape index (κ2) is 9.01. The summed E-state index contributed by atoms with van der Waals surface area (Å²) in [4.78, 5) is 37.5. The van der Waals surface area contributed by atoms with E-state index in [0.29, 0.717) is 19.4 Å². The summed E-state index contributed by atoms with van der Waals surface area (Å²) >= 11 is 0. The number of fused-ring (bicyclic) bond motifs is 3. The summed E-state index contributed by atoms with van der Waals surface area (Å²) in [5.41, 5.74) is 4.55. The zero-order valence-electron chi connectivity index (χ0n) is 18.3. The van der Waals surface area contributed by atoms with Crippen LogP contribution >= 0.6 is 0 Å². The largest absolute Gasteiger partial charge is 0.480 e. The van der Waals surface area contributed by atoms with Crippen LogP contribution in [0.4, 0.5) is 4.79 Å². The predicted molar refractivity (Wildman–Crippen MR) is 120 cm³/mol. The Labute approximate surface area is 195 Å². The van der Waals surface area contributed by atoms with Gasteiger partial charge in [-0.25, -0.2) is 9.59 Å². The molecule has 0 spiro atoms. The van der Waals surface area contributed by atoms with Crippen molar-refractivity contribution in [1.82, 2.24) is 15.4 Å². The van der Waals surface area contributed by atoms with Crippen LogP contribution in [0.2, 0.25) is 0 Å². The highest BCUT2D eigenvalue weighted by Gasteiger charge is 2.35. The van der Waals surface area contributed by atoms with Gasteiger partial charge in [-0.2, -0.15) is 0 Å². The Morgan fingerprint density at radius 2 is 1.76 bits per heavy atom. The molecule has 0 radical (unpaired) electrons. The first-order valence-electron chi connectivity index (χ1n) is 11.1. The minimum absolute atomic E-state index is 0.0116. The molecule has 2 N–H and O–H groups in total. The Balaban J connectivity index is 1.17. The molecule has 3 aromatic rings. The third-order valence-corrected chi connectivity index (χ3v) is 6.33. The average molecular weight is 461 g/mol. The molecule has 1 aliphatic heterocycles. The van der Waals surface area contributed by atoms with Gasteiger partial charge in [0.15, 0.2) is 11.5 Å². The van der Waals surface area contributed by atoms with E-state index in [9.17, 15) is 19.5 Å². The van der Waals surface area contributed by atoms with Gasteiger partial charge in [0, 0.05) is 18.5 Å². The van der Waals surface area contributed by atoms with Gasteiger partial charge in [-0.05, 0) is 35.1 Å². The fourth-order valence-corrected chi connectivity index (χ4v) is 4.72. The molecule has 1 fully saturated rings. The fraction of sp³-hybridized carbons (Fsp3) is 0.280. The molecule has 1 saturated heterocycles. The van der Waals surface area contributed by atoms with E-state index >= 15 is 0 Å². The van der Waals surface area contributed by atoms with Crippen molar-refractivity contribution in [2.24, 2.45) is 0 Å². The summed E-state index contributed by atoms with van der Waals surface area (Å²) in [5.74, 6) is -1.31. The molecule has 0 bridgehead atoms. The van der Waals surface area contributed by atoms with E-state index in [1.807, 2.05) is 36.4 Å². The number of likely N-dealkylation sites (tertiary alicyclic amines) is 1. The molecule has 0 unspecified atom stereocenters. The van der Waals surface area contributed by atoms with Crippen LogP contribution in [0.1, 0.15) is 46.1 Å². The van der Waals surface area contributed by atoms with Crippen LogP contribution in [0.3, 0.4) is 0 Å². The van der Waals surface area contributed by atoms with Gasteiger partial charge in [0.2, 0.25) is 0 Å². The van der Waals surface area contributed by atoms with E-state index < -0.39 is 24.0 Å². The number of nitrogens with zero attached hydrogens (tertiary/aromatic N) is 2. The fourth-order valence-electron chi connectivity index (χ4n) is 4.72. The minimum Gasteiger partial charge on any atom is -0.480 e. The standard InChI is InChI=1S/C25H23N3O6/c29-23(28-11-5-10-22(28)24(30)31)21-12-15(34-27-21)13-26-25(32)33-14-20-18-8-3-1-6-16(18)17-7-2-4-9-19(17)20/h1-4,6-9,12,20,22H,5,10-11,13-14H2,(H,26,32)(H,30,31)/t22-/m0/s1. The van der Waals surface area contributed by atoms with Gasteiger partial charge < -0.3 is 24.6 Å². The lowest BCUT2D eigenvalue weighted by Crippen LogP contribution is -2.40. The highest BCUT2D eigenvalue weighted by Crippen LogP contribution is 2.44. The van der Waals surface area contributed by atoms with Gasteiger partial charge in [0.05, 0.1) is 6.54 Å². The predicted octanol–water partition coefficient (Wildman–Crippen LogP) is 3.40. The molecule has 0 saturated carbocycles. The number of carboxylic acid groups (broad SMARTS) is 1. The molecule has 1 aliphatic carbocycles. The number of carboxylic acids is 1. The second-order valence-corrected chi connectivity index (χ2v) is 8.35. The minimum atomic E-state index is -1.04. The zero-order valence-corrected chi connectivity index (χ0v) is 18.3. The molecule has 2 aromatic carbocycles. The number of alkyl carbamates (subject to hydrolysis) is 1. The molecule has 2 heterocycles. The van der Waals surface area contributed by atoms with Crippen LogP contribution in [0.25, 0.3) is 11.1 Å². The Bertz CT molecular complexity index is 1210. The highest BCUT2D eigenvalue weighted by molar-refractivity contribution is 5.95. The number of carbonyl (C=O) groups is 3. The maximum Gasteiger partial charge on any atom is 0.407 e. The van der Waals surface area contributed by atoms with Crippen molar-refractivity contribution in [2.45, 2.75) is 31.3 Å². The maximum absolute atomic E-state index is 12.6. The summed E-state index contributed by atoms with van der Waals surface area (Å²) in [7, 11) is 0. The number of aliphatic carboxylic acids is 1. The Morgan fingerprint density at radius 1 is 1.09 bits per heavy atom. The molecular formula is C25H23N3O6. The number of amides is 2. The summed E-state index contributed by atoms with van der Waals surface area (Å²) in [6.45, 7) is 0.529. The molecule has 9 heteroatoms. The van der Waals surface area contributed by atoms with Crippen molar-refractivity contribution in [1.29, 1.82) is 0 Å². The van der Waals surface area contributed by atoms with Crippen molar-refractivity contribution < 1.29 is 28.8 Å². The van der Waals surface area contributed by atoms with Crippen LogP contribution in [0.15, 0.2) is 59.1 Å². The number of benzene rings is 2. The lowest BCUT2D eigenvalue weighted by molar-refractivity contribution is -0.141. The third kappa shape index (κ3) is 4.00. The first-order valence-corrected chi connectivity index (χ1v) is 11.1. The number of rotatable bonds is 6. The number of ether oxygens (including phenoxy) is 1. The number of nitrogens with one attached hydrogen (secondary N) is 1. The van der Waals surface area contributed by atoms with E-state index in [0.717, 1.165) is 22.3 Å². The van der Waals surface area contributed by atoms with E-state index in [2.05, 4.69) is 22.6 Å². The molecule has 1 atom stereocenters. The van der Waals surface area contributed by atoms with Gasteiger partial charge in [0.1, 0.15) is 12.6 Å². The first kappa shape index (κ1) is 21.7. The van der Waals surface area contributed by atoms with Crippen molar-refractivity contribution >= 4 is 18.0 Å². The average Bonchev–Trinajstić information content (AvgIpc) is 3.59. The molecule has 34 heavy (non-hydrogen) atoms. The third-order valence-electron chi connectivity index (χ3n) is 6.33. The smallest absolute Gasteiger partial charge is 0.407 e. The quantitative estimate of drug-likeness (QED) is 0.577. The van der Waals surface area contributed by atoms with Crippen molar-refractivity contribution in [3.63, 3.8) is 0 Å². The lowest BCUT2D eigenvalue weighted by atomic mass is 9.98. The summed E-state index contributed by atoms with van der Waals surface area (Å²) < 4.78 is 10.6.